The van der Waals surface area contributed by atoms with E-state index in [1.807, 2.05) is 34.9 Å². The van der Waals surface area contributed by atoms with Crippen molar-refractivity contribution in [3.8, 4) is 22.8 Å². The van der Waals surface area contributed by atoms with Gasteiger partial charge in [-0.25, -0.2) is 0 Å². The van der Waals surface area contributed by atoms with Crippen molar-refractivity contribution in [1.82, 2.24) is 19.7 Å². The van der Waals surface area contributed by atoms with Crippen LogP contribution >= 0.6 is 11.8 Å². The first-order valence-electron chi connectivity index (χ1n) is 10.5. The number of carbonyl (C=O) groups is 1. The fraction of sp³-hybridized carbons (Fsp3) is 0.200. The average Bonchev–Trinajstić information content (AvgIpc) is 3.46. The summed E-state index contributed by atoms with van der Waals surface area (Å²) in [6.07, 6.45) is 4.32. The highest BCUT2D eigenvalue weighted by Crippen LogP contribution is 2.30. The zero-order chi connectivity index (χ0) is 22.1. The second kappa shape index (κ2) is 8.59. The lowest BCUT2D eigenvalue weighted by atomic mass is 10.1. The second-order valence-electron chi connectivity index (χ2n) is 7.78. The topological polar surface area (TPSA) is 69.9 Å². The number of carbonyl (C=O) groups excluding carboxylic acids is 1. The number of aryl methyl sites for hydroxylation is 2. The Morgan fingerprint density at radius 2 is 1.88 bits per heavy atom. The van der Waals surface area contributed by atoms with E-state index in [9.17, 15) is 4.79 Å². The van der Waals surface area contributed by atoms with E-state index in [2.05, 4.69) is 47.2 Å². The van der Waals surface area contributed by atoms with Crippen molar-refractivity contribution in [2.75, 3.05) is 12.4 Å². The van der Waals surface area contributed by atoms with E-state index in [4.69, 9.17) is 4.74 Å². The van der Waals surface area contributed by atoms with E-state index in [1.54, 1.807) is 12.4 Å². The summed E-state index contributed by atoms with van der Waals surface area (Å²) in [6.45, 7) is 4.85. The molecule has 2 aromatic heterocycles. The van der Waals surface area contributed by atoms with Crippen LogP contribution in [0.25, 0.3) is 17.1 Å². The van der Waals surface area contributed by atoms with E-state index >= 15 is 0 Å². The van der Waals surface area contributed by atoms with Crippen LogP contribution in [-0.2, 0) is 6.42 Å². The molecule has 0 saturated heterocycles. The first-order chi connectivity index (χ1) is 15.6. The molecule has 0 saturated carbocycles. The normalized spacial score (nSPS) is 12.4. The van der Waals surface area contributed by atoms with Crippen LogP contribution in [0.4, 0.5) is 0 Å². The van der Waals surface area contributed by atoms with Gasteiger partial charge in [0.05, 0.1) is 18.0 Å². The van der Waals surface area contributed by atoms with E-state index in [1.165, 1.54) is 22.9 Å². The highest BCUT2D eigenvalue weighted by Gasteiger charge is 2.19. The molecule has 0 unspecified atom stereocenters. The van der Waals surface area contributed by atoms with E-state index in [0.717, 1.165) is 34.8 Å². The van der Waals surface area contributed by atoms with Gasteiger partial charge in [-0.3, -0.25) is 14.3 Å². The van der Waals surface area contributed by atoms with Crippen molar-refractivity contribution < 1.29 is 9.53 Å². The molecule has 0 aliphatic carbocycles. The van der Waals surface area contributed by atoms with Gasteiger partial charge in [0.15, 0.2) is 16.8 Å². The quantitative estimate of drug-likeness (QED) is 0.314. The Morgan fingerprint density at radius 1 is 1.03 bits per heavy atom. The molecule has 160 valence electrons. The smallest absolute Gasteiger partial charge is 0.196 e. The Hall–Kier alpha value is -3.45. The Labute approximate surface area is 190 Å². The maximum atomic E-state index is 12.9. The van der Waals surface area contributed by atoms with Crippen LogP contribution in [0, 0.1) is 13.8 Å². The van der Waals surface area contributed by atoms with Crippen LogP contribution < -0.4 is 4.74 Å². The summed E-state index contributed by atoms with van der Waals surface area (Å²) in [7, 11) is 0. The van der Waals surface area contributed by atoms with Gasteiger partial charge in [-0.2, -0.15) is 0 Å². The number of fused-ring (bicyclic) bond motifs is 1. The minimum atomic E-state index is 0.0600. The van der Waals surface area contributed by atoms with Crippen LogP contribution in [0.2, 0.25) is 0 Å². The van der Waals surface area contributed by atoms with Gasteiger partial charge in [-0.1, -0.05) is 17.8 Å². The number of rotatable bonds is 6. The monoisotopic (exact) mass is 442 g/mol. The lowest BCUT2D eigenvalue weighted by Crippen LogP contribution is -2.05. The fourth-order valence-electron chi connectivity index (χ4n) is 3.72. The number of nitrogens with zero attached hydrogens (tertiary/aromatic N) is 4. The number of Topliss-reactive ketones (excluding diaryl/α,β-unsaturated/α-hetero) is 1. The molecule has 0 amide bonds. The molecule has 5 rings (SSSR count). The van der Waals surface area contributed by atoms with Crippen molar-refractivity contribution in [1.29, 1.82) is 0 Å². The van der Waals surface area contributed by atoms with Crippen LogP contribution in [0.15, 0.2) is 66.1 Å². The molecule has 2 aromatic carbocycles. The lowest BCUT2D eigenvalue weighted by Gasteiger charge is -2.12. The van der Waals surface area contributed by atoms with Crippen molar-refractivity contribution in [3.05, 3.63) is 83.2 Å². The van der Waals surface area contributed by atoms with Crippen LogP contribution in [0.1, 0.15) is 27.0 Å². The highest BCUT2D eigenvalue weighted by atomic mass is 32.2. The van der Waals surface area contributed by atoms with Gasteiger partial charge >= 0.3 is 0 Å². The Morgan fingerprint density at radius 3 is 2.69 bits per heavy atom. The Kier molecular flexibility index (Phi) is 5.49. The molecule has 0 fully saturated rings. The molecule has 0 bridgehead atoms. The van der Waals surface area contributed by atoms with Crippen LogP contribution in [0.5, 0.6) is 5.75 Å². The number of hydrogen-bond acceptors (Lipinski definition) is 6. The zero-order valence-electron chi connectivity index (χ0n) is 17.9. The lowest BCUT2D eigenvalue weighted by molar-refractivity contribution is 0.102. The summed E-state index contributed by atoms with van der Waals surface area (Å²) in [5, 5.41) is 9.56. The minimum Gasteiger partial charge on any atom is -0.493 e. The van der Waals surface area contributed by atoms with Gasteiger partial charge in [-0.05, 0) is 73.0 Å². The molecule has 4 aromatic rings. The van der Waals surface area contributed by atoms with Crippen molar-refractivity contribution in [2.45, 2.75) is 25.4 Å². The largest absolute Gasteiger partial charge is 0.493 e. The van der Waals surface area contributed by atoms with E-state index in [-0.39, 0.29) is 11.5 Å². The third-order valence-electron chi connectivity index (χ3n) is 5.66. The molecule has 6 nitrogen and oxygen atoms in total. The van der Waals surface area contributed by atoms with Crippen molar-refractivity contribution in [3.63, 3.8) is 0 Å². The van der Waals surface area contributed by atoms with Crippen LogP contribution in [-0.4, -0.2) is 37.9 Å². The van der Waals surface area contributed by atoms with Gasteiger partial charge in [0.1, 0.15) is 5.75 Å². The summed E-state index contributed by atoms with van der Waals surface area (Å²) >= 11 is 1.40. The summed E-state index contributed by atoms with van der Waals surface area (Å²) in [4.78, 5) is 17.0. The number of thioether (sulfide) groups is 1. The van der Waals surface area contributed by atoms with Gasteiger partial charge in [0.25, 0.3) is 0 Å². The molecule has 32 heavy (non-hydrogen) atoms. The number of ether oxygens (including phenoxy) is 1. The maximum Gasteiger partial charge on any atom is 0.196 e. The summed E-state index contributed by atoms with van der Waals surface area (Å²) in [5.74, 6) is 1.94. The third-order valence-corrected chi connectivity index (χ3v) is 6.59. The molecule has 0 spiro atoms. The maximum absolute atomic E-state index is 12.9. The SMILES string of the molecule is Cc1ccc(-n2c(SCC(=O)c3ccc4c(c3)CCO4)nnc2-c2ccncc2)cc1C. The van der Waals surface area contributed by atoms with Gasteiger partial charge in [-0.15, -0.1) is 10.2 Å². The Balaban J connectivity index is 1.46. The first kappa shape index (κ1) is 20.5. The highest BCUT2D eigenvalue weighted by molar-refractivity contribution is 7.99. The van der Waals surface area contributed by atoms with E-state index in [0.29, 0.717) is 17.3 Å². The molecule has 7 heteroatoms. The fourth-order valence-corrected chi connectivity index (χ4v) is 4.57. The predicted molar refractivity (Wildman–Crippen MR) is 125 cm³/mol. The number of aromatic nitrogens is 4. The van der Waals surface area contributed by atoms with Gasteiger partial charge < -0.3 is 4.74 Å². The first-order valence-corrected chi connectivity index (χ1v) is 11.4. The standard InChI is InChI=1S/C25H22N4O2S/c1-16-3-5-21(13-17(16)2)29-24(18-7-10-26-11-8-18)27-28-25(29)32-15-22(30)19-4-6-23-20(14-19)9-12-31-23/h3-8,10-11,13-14H,9,12,15H2,1-2H3. The molecule has 0 N–H and O–H groups in total. The number of pyridine rings is 1. The third kappa shape index (κ3) is 3.91. The summed E-state index contributed by atoms with van der Waals surface area (Å²) in [5.41, 5.74) is 6.09. The zero-order valence-corrected chi connectivity index (χ0v) is 18.7. The molecule has 1 aliphatic heterocycles. The summed E-state index contributed by atoms with van der Waals surface area (Å²) < 4.78 is 7.56. The molecule has 1 aliphatic rings. The summed E-state index contributed by atoms with van der Waals surface area (Å²) in [6, 6.07) is 15.8. The molecular formula is C25H22N4O2S. The van der Waals surface area contributed by atoms with Crippen molar-refractivity contribution >= 4 is 17.5 Å². The van der Waals surface area contributed by atoms with Gasteiger partial charge in [0, 0.05) is 29.9 Å². The molecule has 0 atom stereocenters. The second-order valence-corrected chi connectivity index (χ2v) is 8.72. The number of benzene rings is 2. The predicted octanol–water partition coefficient (Wildman–Crippen LogP) is 4.86. The average molecular weight is 443 g/mol. The number of ketones is 1. The molecule has 3 heterocycles. The molecular weight excluding hydrogens is 420 g/mol. The van der Waals surface area contributed by atoms with Crippen molar-refractivity contribution in [2.24, 2.45) is 0 Å². The minimum absolute atomic E-state index is 0.0600. The molecule has 0 radical (unpaired) electrons. The van der Waals surface area contributed by atoms with Crippen LogP contribution in [0.3, 0.4) is 0 Å². The van der Waals surface area contributed by atoms with E-state index < -0.39 is 0 Å². The Bertz CT molecular complexity index is 1300. The van der Waals surface area contributed by atoms with Gasteiger partial charge in [0.2, 0.25) is 0 Å². The number of hydrogen-bond donors (Lipinski definition) is 0.